The quantitative estimate of drug-likeness (QED) is 0.779. The Labute approximate surface area is 123 Å². The van der Waals surface area contributed by atoms with Crippen molar-refractivity contribution >= 4 is 6.09 Å². The maximum atomic E-state index is 11.7. The number of carbonyl (C=O) groups is 1. The summed E-state index contributed by atoms with van der Waals surface area (Å²) >= 11 is 0. The third-order valence-electron chi connectivity index (χ3n) is 3.49. The van der Waals surface area contributed by atoms with Crippen LogP contribution in [0.5, 0.6) is 0 Å². The Morgan fingerprint density at radius 1 is 1.30 bits per heavy atom. The lowest BCUT2D eigenvalue weighted by atomic mass is 9.90. The van der Waals surface area contributed by atoms with Crippen LogP contribution in [0.4, 0.5) is 4.79 Å². The standard InChI is InChI=1S/C16H28N2O2/c1-6-12(7-2)17-13-8-10-14(11-9-13)18-15(19)20-16(3,4)5/h1,12-14,17H,7-11H2,2-5H3,(H,18,19). The largest absolute Gasteiger partial charge is 0.444 e. The number of rotatable bonds is 4. The van der Waals surface area contributed by atoms with Crippen LogP contribution in [0.3, 0.4) is 0 Å². The highest BCUT2D eigenvalue weighted by Gasteiger charge is 2.25. The van der Waals surface area contributed by atoms with E-state index in [0.717, 1.165) is 32.1 Å². The van der Waals surface area contributed by atoms with E-state index in [2.05, 4.69) is 23.5 Å². The van der Waals surface area contributed by atoms with Crippen molar-refractivity contribution in [3.8, 4) is 12.3 Å². The fourth-order valence-electron chi connectivity index (χ4n) is 2.45. The molecule has 0 aliphatic heterocycles. The number of amides is 1. The number of hydrogen-bond donors (Lipinski definition) is 2. The zero-order valence-electron chi connectivity index (χ0n) is 13.2. The summed E-state index contributed by atoms with van der Waals surface area (Å²) in [6.07, 6.45) is 10.1. The lowest BCUT2D eigenvalue weighted by molar-refractivity contribution is 0.0489. The summed E-state index contributed by atoms with van der Waals surface area (Å²) in [7, 11) is 0. The normalized spacial score (nSPS) is 24.6. The van der Waals surface area contributed by atoms with Gasteiger partial charge in [0.1, 0.15) is 5.60 Å². The van der Waals surface area contributed by atoms with Gasteiger partial charge in [0.15, 0.2) is 0 Å². The van der Waals surface area contributed by atoms with Gasteiger partial charge in [-0.05, 0) is 52.9 Å². The van der Waals surface area contributed by atoms with Crippen LogP contribution in [-0.2, 0) is 4.74 Å². The highest BCUT2D eigenvalue weighted by molar-refractivity contribution is 5.68. The molecular formula is C16H28N2O2. The fraction of sp³-hybridized carbons (Fsp3) is 0.812. The Bertz CT molecular complexity index is 346. The van der Waals surface area contributed by atoms with Gasteiger partial charge in [-0.15, -0.1) is 6.42 Å². The summed E-state index contributed by atoms with van der Waals surface area (Å²) in [6.45, 7) is 7.71. The second kappa shape index (κ2) is 7.54. The monoisotopic (exact) mass is 280 g/mol. The molecule has 114 valence electrons. The van der Waals surface area contributed by atoms with Gasteiger partial charge in [-0.25, -0.2) is 4.79 Å². The molecule has 4 heteroatoms. The minimum absolute atomic E-state index is 0.162. The van der Waals surface area contributed by atoms with E-state index in [1.54, 1.807) is 0 Å². The molecule has 1 fully saturated rings. The molecule has 0 aromatic carbocycles. The molecule has 1 saturated carbocycles. The average Bonchev–Trinajstić information content (AvgIpc) is 2.35. The van der Waals surface area contributed by atoms with Crippen molar-refractivity contribution in [3.05, 3.63) is 0 Å². The number of carbonyl (C=O) groups excluding carboxylic acids is 1. The molecule has 0 bridgehead atoms. The molecule has 0 aromatic heterocycles. The van der Waals surface area contributed by atoms with Gasteiger partial charge >= 0.3 is 6.09 Å². The van der Waals surface area contributed by atoms with Gasteiger partial charge in [0.2, 0.25) is 0 Å². The van der Waals surface area contributed by atoms with Crippen LogP contribution in [0.1, 0.15) is 59.8 Å². The van der Waals surface area contributed by atoms with E-state index in [9.17, 15) is 4.79 Å². The Morgan fingerprint density at radius 3 is 2.30 bits per heavy atom. The van der Waals surface area contributed by atoms with Crippen LogP contribution in [0.2, 0.25) is 0 Å². The number of terminal acetylenes is 1. The van der Waals surface area contributed by atoms with E-state index in [1.807, 2.05) is 20.8 Å². The molecule has 0 radical (unpaired) electrons. The second-order valence-electron chi connectivity index (χ2n) is 6.49. The van der Waals surface area contributed by atoms with Crippen molar-refractivity contribution in [3.63, 3.8) is 0 Å². The first-order valence-electron chi connectivity index (χ1n) is 7.55. The summed E-state index contributed by atoms with van der Waals surface area (Å²) in [4.78, 5) is 11.7. The minimum atomic E-state index is -0.440. The predicted molar refractivity (Wildman–Crippen MR) is 81.5 cm³/mol. The summed E-state index contributed by atoms with van der Waals surface area (Å²) < 4.78 is 5.27. The number of alkyl carbamates (subject to hydrolysis) is 1. The lowest BCUT2D eigenvalue weighted by Crippen LogP contribution is -2.45. The van der Waals surface area contributed by atoms with Gasteiger partial charge < -0.3 is 15.4 Å². The Balaban J connectivity index is 2.29. The molecule has 1 aliphatic rings. The van der Waals surface area contributed by atoms with Crippen LogP contribution in [-0.4, -0.2) is 29.8 Å². The third-order valence-corrected chi connectivity index (χ3v) is 3.49. The molecule has 0 spiro atoms. The highest BCUT2D eigenvalue weighted by atomic mass is 16.6. The number of hydrogen-bond acceptors (Lipinski definition) is 3. The summed E-state index contributed by atoms with van der Waals surface area (Å²) in [6, 6.07) is 0.844. The predicted octanol–water partition coefficient (Wildman–Crippen LogP) is 2.82. The van der Waals surface area contributed by atoms with Crippen LogP contribution in [0.15, 0.2) is 0 Å². The fourth-order valence-corrected chi connectivity index (χ4v) is 2.45. The van der Waals surface area contributed by atoms with Crippen LogP contribution >= 0.6 is 0 Å². The first-order chi connectivity index (χ1) is 9.34. The van der Waals surface area contributed by atoms with E-state index < -0.39 is 5.60 Å². The van der Waals surface area contributed by atoms with E-state index in [0.29, 0.717) is 6.04 Å². The molecule has 2 N–H and O–H groups in total. The molecule has 1 unspecified atom stereocenters. The second-order valence-corrected chi connectivity index (χ2v) is 6.49. The molecule has 1 aliphatic carbocycles. The lowest BCUT2D eigenvalue weighted by Gasteiger charge is -2.31. The van der Waals surface area contributed by atoms with Crippen LogP contribution in [0.25, 0.3) is 0 Å². The average molecular weight is 280 g/mol. The van der Waals surface area contributed by atoms with Crippen LogP contribution in [0, 0.1) is 12.3 Å². The molecule has 0 heterocycles. The highest BCUT2D eigenvalue weighted by Crippen LogP contribution is 2.20. The molecule has 4 nitrogen and oxygen atoms in total. The van der Waals surface area contributed by atoms with Crippen molar-refractivity contribution < 1.29 is 9.53 Å². The van der Waals surface area contributed by atoms with Gasteiger partial charge in [0.25, 0.3) is 0 Å². The summed E-state index contributed by atoms with van der Waals surface area (Å²) in [5.41, 5.74) is -0.440. The molecule has 0 saturated heterocycles. The van der Waals surface area contributed by atoms with Crippen molar-refractivity contribution in [1.82, 2.24) is 10.6 Å². The van der Waals surface area contributed by atoms with Crippen molar-refractivity contribution in [2.75, 3.05) is 0 Å². The molecular weight excluding hydrogens is 252 g/mol. The maximum absolute atomic E-state index is 11.7. The van der Waals surface area contributed by atoms with Crippen molar-refractivity contribution in [1.29, 1.82) is 0 Å². The van der Waals surface area contributed by atoms with E-state index >= 15 is 0 Å². The molecule has 0 aromatic rings. The zero-order chi connectivity index (χ0) is 15.2. The third kappa shape index (κ3) is 6.29. The summed E-state index contributed by atoms with van der Waals surface area (Å²) in [5.74, 6) is 2.77. The van der Waals surface area contributed by atoms with Gasteiger partial charge in [-0.1, -0.05) is 12.8 Å². The SMILES string of the molecule is C#CC(CC)NC1CCC(NC(=O)OC(C)(C)C)CC1. The molecule has 1 atom stereocenters. The molecule has 1 amide bonds. The van der Waals surface area contributed by atoms with Gasteiger partial charge in [-0.2, -0.15) is 0 Å². The van der Waals surface area contributed by atoms with E-state index in [-0.39, 0.29) is 18.2 Å². The van der Waals surface area contributed by atoms with Crippen LogP contribution < -0.4 is 10.6 Å². The van der Waals surface area contributed by atoms with E-state index in [1.165, 1.54) is 0 Å². The first-order valence-corrected chi connectivity index (χ1v) is 7.55. The Hall–Kier alpha value is -1.21. The van der Waals surface area contributed by atoms with Crippen molar-refractivity contribution in [2.45, 2.75) is 83.5 Å². The minimum Gasteiger partial charge on any atom is -0.444 e. The van der Waals surface area contributed by atoms with Gasteiger partial charge in [0.05, 0.1) is 6.04 Å². The number of ether oxygens (including phenoxy) is 1. The Kier molecular flexibility index (Phi) is 6.35. The topological polar surface area (TPSA) is 50.4 Å². The smallest absolute Gasteiger partial charge is 0.407 e. The zero-order valence-corrected chi connectivity index (χ0v) is 13.2. The first kappa shape index (κ1) is 16.8. The van der Waals surface area contributed by atoms with Gasteiger partial charge in [0, 0.05) is 12.1 Å². The number of nitrogens with one attached hydrogen (secondary N) is 2. The van der Waals surface area contributed by atoms with Gasteiger partial charge in [-0.3, -0.25) is 0 Å². The maximum Gasteiger partial charge on any atom is 0.407 e. The molecule has 1 rings (SSSR count). The van der Waals surface area contributed by atoms with Crippen molar-refractivity contribution in [2.24, 2.45) is 0 Å². The molecule has 20 heavy (non-hydrogen) atoms. The van der Waals surface area contributed by atoms with E-state index in [4.69, 9.17) is 11.2 Å². The Morgan fingerprint density at radius 2 is 1.85 bits per heavy atom. The summed E-state index contributed by atoms with van der Waals surface area (Å²) in [5, 5.41) is 6.44.